The Morgan fingerprint density at radius 1 is 1.38 bits per heavy atom. The van der Waals surface area contributed by atoms with Gasteiger partial charge in [0.05, 0.1) is 5.56 Å². The van der Waals surface area contributed by atoms with Gasteiger partial charge in [-0.05, 0) is 55.3 Å². The van der Waals surface area contributed by atoms with Crippen molar-refractivity contribution >= 4 is 27.8 Å². The second kappa shape index (κ2) is 6.78. The number of hydrogen-bond donors (Lipinski definition) is 1. The highest BCUT2D eigenvalue weighted by atomic mass is 79.9. The molecule has 24 heavy (non-hydrogen) atoms. The monoisotopic (exact) mass is 409 g/mol. The fourth-order valence-electron chi connectivity index (χ4n) is 2.31. The SMILES string of the molecule is CC(C)(C)OC(=O)N1CCC(Nc2cc(C(F)(F)F)cc(Br)n2)C1. The molecule has 2 heterocycles. The summed E-state index contributed by atoms with van der Waals surface area (Å²) >= 11 is 2.99. The first-order valence-electron chi connectivity index (χ1n) is 7.43. The van der Waals surface area contributed by atoms with Gasteiger partial charge in [-0.3, -0.25) is 0 Å². The van der Waals surface area contributed by atoms with E-state index in [1.807, 2.05) is 0 Å². The van der Waals surface area contributed by atoms with Crippen LogP contribution in [0, 0.1) is 0 Å². The number of nitrogens with one attached hydrogen (secondary N) is 1. The summed E-state index contributed by atoms with van der Waals surface area (Å²) in [5.41, 5.74) is -1.37. The third kappa shape index (κ3) is 5.25. The average Bonchev–Trinajstić information content (AvgIpc) is 2.83. The maximum atomic E-state index is 12.8. The number of carbonyl (C=O) groups is 1. The zero-order valence-electron chi connectivity index (χ0n) is 13.6. The number of pyridine rings is 1. The van der Waals surface area contributed by atoms with Crippen molar-refractivity contribution in [3.8, 4) is 0 Å². The fourth-order valence-corrected chi connectivity index (χ4v) is 2.75. The molecule has 0 aromatic carbocycles. The second-order valence-corrected chi connectivity index (χ2v) is 7.43. The summed E-state index contributed by atoms with van der Waals surface area (Å²) in [6.07, 6.45) is -4.26. The molecular formula is C15H19BrF3N3O2. The van der Waals surface area contributed by atoms with Gasteiger partial charge in [-0.15, -0.1) is 0 Å². The van der Waals surface area contributed by atoms with Gasteiger partial charge in [0.2, 0.25) is 0 Å². The van der Waals surface area contributed by atoms with Gasteiger partial charge in [-0.2, -0.15) is 13.2 Å². The molecule has 1 unspecified atom stereocenters. The Morgan fingerprint density at radius 3 is 2.62 bits per heavy atom. The molecule has 0 aliphatic carbocycles. The van der Waals surface area contributed by atoms with Crippen LogP contribution in [0.2, 0.25) is 0 Å². The molecule has 0 spiro atoms. The molecule has 1 aromatic heterocycles. The Hall–Kier alpha value is -1.51. The molecule has 134 valence electrons. The summed E-state index contributed by atoms with van der Waals surface area (Å²) in [6.45, 7) is 6.17. The van der Waals surface area contributed by atoms with Crippen molar-refractivity contribution < 1.29 is 22.7 Å². The minimum atomic E-state index is -4.44. The van der Waals surface area contributed by atoms with Crippen LogP contribution in [-0.4, -0.2) is 40.7 Å². The molecule has 0 bridgehead atoms. The van der Waals surface area contributed by atoms with Crippen LogP contribution in [0.1, 0.15) is 32.8 Å². The highest BCUT2D eigenvalue weighted by molar-refractivity contribution is 9.10. The largest absolute Gasteiger partial charge is 0.444 e. The maximum absolute atomic E-state index is 12.8. The van der Waals surface area contributed by atoms with Gasteiger partial charge in [0.15, 0.2) is 0 Å². The van der Waals surface area contributed by atoms with Crippen LogP contribution in [0.5, 0.6) is 0 Å². The molecule has 1 aliphatic rings. The van der Waals surface area contributed by atoms with Crippen molar-refractivity contribution in [3.05, 3.63) is 22.3 Å². The Bertz CT molecular complexity index is 617. The smallest absolute Gasteiger partial charge is 0.416 e. The van der Waals surface area contributed by atoms with E-state index in [-0.39, 0.29) is 16.5 Å². The van der Waals surface area contributed by atoms with E-state index in [2.05, 4.69) is 26.2 Å². The first kappa shape index (κ1) is 18.8. The van der Waals surface area contributed by atoms with Crippen LogP contribution >= 0.6 is 15.9 Å². The van der Waals surface area contributed by atoms with Gasteiger partial charge in [0.1, 0.15) is 16.0 Å². The molecule has 2 rings (SSSR count). The van der Waals surface area contributed by atoms with E-state index in [4.69, 9.17) is 4.74 Å². The highest BCUT2D eigenvalue weighted by Crippen LogP contribution is 2.32. The van der Waals surface area contributed by atoms with Crippen LogP contribution < -0.4 is 5.32 Å². The molecule has 1 saturated heterocycles. The molecule has 5 nitrogen and oxygen atoms in total. The Balaban J connectivity index is 2.01. The van der Waals surface area contributed by atoms with Crippen molar-refractivity contribution in [1.29, 1.82) is 0 Å². The lowest BCUT2D eigenvalue weighted by molar-refractivity contribution is -0.137. The Labute approximate surface area is 146 Å². The summed E-state index contributed by atoms with van der Waals surface area (Å²) < 4.78 is 43.9. The van der Waals surface area contributed by atoms with Gasteiger partial charge in [-0.25, -0.2) is 9.78 Å². The zero-order chi connectivity index (χ0) is 18.1. The number of halogens is 4. The van der Waals surface area contributed by atoms with Crippen LogP contribution in [0.4, 0.5) is 23.8 Å². The first-order chi connectivity index (χ1) is 10.9. The van der Waals surface area contributed by atoms with E-state index in [1.54, 1.807) is 20.8 Å². The zero-order valence-corrected chi connectivity index (χ0v) is 15.2. The molecule has 1 aromatic rings. The number of amides is 1. The molecule has 1 amide bonds. The standard InChI is InChI=1S/C15H19BrF3N3O2/c1-14(2,3)24-13(23)22-5-4-10(8-22)20-12-7-9(15(17,18)19)6-11(16)21-12/h6-7,10H,4-5,8H2,1-3H3,(H,20,21). The van der Waals surface area contributed by atoms with Crippen molar-refractivity contribution in [3.63, 3.8) is 0 Å². The van der Waals surface area contributed by atoms with E-state index >= 15 is 0 Å². The van der Waals surface area contributed by atoms with E-state index in [0.717, 1.165) is 12.1 Å². The molecule has 1 N–H and O–H groups in total. The molecular weight excluding hydrogens is 391 g/mol. The Morgan fingerprint density at radius 2 is 2.04 bits per heavy atom. The van der Waals surface area contributed by atoms with Crippen molar-refractivity contribution in [2.75, 3.05) is 18.4 Å². The summed E-state index contributed by atoms with van der Waals surface area (Å²) in [6, 6.07) is 1.70. The molecule has 1 aliphatic heterocycles. The van der Waals surface area contributed by atoms with Crippen LogP contribution in [-0.2, 0) is 10.9 Å². The van der Waals surface area contributed by atoms with Crippen LogP contribution in [0.3, 0.4) is 0 Å². The third-order valence-electron chi connectivity index (χ3n) is 3.31. The number of rotatable bonds is 2. The lowest BCUT2D eigenvalue weighted by Crippen LogP contribution is -2.36. The Kier molecular flexibility index (Phi) is 5.31. The number of alkyl halides is 3. The van der Waals surface area contributed by atoms with Crippen LogP contribution in [0.25, 0.3) is 0 Å². The number of ether oxygens (including phenoxy) is 1. The van der Waals surface area contributed by atoms with E-state index in [1.165, 1.54) is 4.90 Å². The first-order valence-corrected chi connectivity index (χ1v) is 8.22. The molecule has 1 atom stereocenters. The number of aromatic nitrogens is 1. The van der Waals surface area contributed by atoms with E-state index in [9.17, 15) is 18.0 Å². The van der Waals surface area contributed by atoms with E-state index in [0.29, 0.717) is 19.5 Å². The number of nitrogens with zero attached hydrogens (tertiary/aromatic N) is 2. The lowest BCUT2D eigenvalue weighted by Gasteiger charge is -2.24. The molecule has 9 heteroatoms. The predicted molar refractivity (Wildman–Crippen MR) is 86.8 cm³/mol. The fraction of sp³-hybridized carbons (Fsp3) is 0.600. The van der Waals surface area contributed by atoms with Gasteiger partial charge < -0.3 is 15.0 Å². The number of anilines is 1. The number of likely N-dealkylation sites (tertiary alicyclic amines) is 1. The van der Waals surface area contributed by atoms with Gasteiger partial charge in [-0.1, -0.05) is 0 Å². The van der Waals surface area contributed by atoms with Gasteiger partial charge in [0.25, 0.3) is 0 Å². The van der Waals surface area contributed by atoms with Gasteiger partial charge >= 0.3 is 12.3 Å². The van der Waals surface area contributed by atoms with E-state index < -0.39 is 23.4 Å². The lowest BCUT2D eigenvalue weighted by atomic mass is 10.2. The minimum absolute atomic E-state index is 0.0989. The third-order valence-corrected chi connectivity index (χ3v) is 3.72. The minimum Gasteiger partial charge on any atom is -0.444 e. The second-order valence-electron chi connectivity index (χ2n) is 6.62. The molecule has 1 fully saturated rings. The summed E-state index contributed by atoms with van der Waals surface area (Å²) in [4.78, 5) is 17.5. The number of hydrogen-bond acceptors (Lipinski definition) is 4. The van der Waals surface area contributed by atoms with Gasteiger partial charge in [0, 0.05) is 19.1 Å². The van der Waals surface area contributed by atoms with Crippen LogP contribution in [0.15, 0.2) is 16.7 Å². The highest BCUT2D eigenvalue weighted by Gasteiger charge is 2.33. The topological polar surface area (TPSA) is 54.5 Å². The maximum Gasteiger partial charge on any atom is 0.416 e. The average molecular weight is 410 g/mol. The number of carbonyl (C=O) groups excluding carboxylic acids is 1. The van der Waals surface area contributed by atoms with Crippen molar-refractivity contribution in [1.82, 2.24) is 9.88 Å². The summed E-state index contributed by atoms with van der Waals surface area (Å²) in [7, 11) is 0. The quantitative estimate of drug-likeness (QED) is 0.740. The molecule has 0 saturated carbocycles. The normalized spacial score (nSPS) is 18.6. The summed E-state index contributed by atoms with van der Waals surface area (Å²) in [5, 5.41) is 2.95. The summed E-state index contributed by atoms with van der Waals surface area (Å²) in [5.74, 6) is 0.118. The predicted octanol–water partition coefficient (Wildman–Crippen LogP) is 4.28. The van der Waals surface area contributed by atoms with Crippen molar-refractivity contribution in [2.45, 2.75) is 45.0 Å². The molecule has 0 radical (unpaired) electrons. The van der Waals surface area contributed by atoms with Crippen molar-refractivity contribution in [2.24, 2.45) is 0 Å².